The molecule has 0 saturated heterocycles. The average molecular weight is 301 g/mol. The van der Waals surface area contributed by atoms with Gasteiger partial charge in [0.2, 0.25) is 0 Å². The fourth-order valence-electron chi connectivity index (χ4n) is 2.21. The molecule has 0 aromatic heterocycles. The van der Waals surface area contributed by atoms with Gasteiger partial charge in [-0.3, -0.25) is 0 Å². The Morgan fingerprint density at radius 1 is 0.909 bits per heavy atom. The second-order valence-electron chi connectivity index (χ2n) is 5.30. The predicted octanol–water partition coefficient (Wildman–Crippen LogP) is 3.17. The molecule has 2 N–H and O–H groups in total. The van der Waals surface area contributed by atoms with Crippen molar-refractivity contribution in [2.24, 2.45) is 5.73 Å². The molecule has 1 atom stereocenters. The number of hydrogen-bond donors (Lipinski definition) is 1. The second-order valence-corrected chi connectivity index (χ2v) is 5.30. The average Bonchev–Trinajstić information content (AvgIpc) is 2.53. The van der Waals surface area contributed by atoms with Gasteiger partial charge in [0, 0.05) is 6.04 Å². The molecular weight excluding hydrogens is 278 g/mol. The molecule has 22 heavy (non-hydrogen) atoms. The van der Waals surface area contributed by atoms with E-state index in [9.17, 15) is 0 Å². The number of methoxy groups -OCH3 is 2. The Hall–Kier alpha value is -2.20. The molecule has 0 amide bonds. The Morgan fingerprint density at radius 2 is 1.59 bits per heavy atom. The summed E-state index contributed by atoms with van der Waals surface area (Å²) in [4.78, 5) is 0. The van der Waals surface area contributed by atoms with E-state index in [1.54, 1.807) is 14.2 Å². The highest BCUT2D eigenvalue weighted by Crippen LogP contribution is 2.29. The topological polar surface area (TPSA) is 53.7 Å². The third-order valence-electron chi connectivity index (χ3n) is 3.34. The Morgan fingerprint density at radius 3 is 2.18 bits per heavy atom. The van der Waals surface area contributed by atoms with Gasteiger partial charge in [-0.1, -0.05) is 18.2 Å². The number of benzene rings is 2. The molecule has 0 aliphatic heterocycles. The van der Waals surface area contributed by atoms with Crippen molar-refractivity contribution in [1.29, 1.82) is 0 Å². The van der Waals surface area contributed by atoms with Crippen LogP contribution in [0.2, 0.25) is 0 Å². The van der Waals surface area contributed by atoms with Gasteiger partial charge in [-0.05, 0) is 48.7 Å². The molecule has 0 aliphatic carbocycles. The molecule has 1 unspecified atom stereocenters. The lowest BCUT2D eigenvalue weighted by Gasteiger charge is -2.13. The fourth-order valence-corrected chi connectivity index (χ4v) is 2.21. The van der Waals surface area contributed by atoms with Crippen molar-refractivity contribution in [3.05, 3.63) is 53.6 Å². The van der Waals surface area contributed by atoms with Gasteiger partial charge in [-0.2, -0.15) is 0 Å². The summed E-state index contributed by atoms with van der Waals surface area (Å²) in [7, 11) is 3.30. The number of rotatable bonds is 7. The van der Waals surface area contributed by atoms with Crippen LogP contribution in [0.5, 0.6) is 17.2 Å². The summed E-state index contributed by atoms with van der Waals surface area (Å²) in [5.41, 5.74) is 8.04. The molecule has 2 aromatic carbocycles. The maximum absolute atomic E-state index is 5.85. The molecule has 2 rings (SSSR count). The minimum atomic E-state index is 0.121. The molecule has 0 bridgehead atoms. The number of nitrogens with two attached hydrogens (primary N) is 1. The summed E-state index contributed by atoms with van der Waals surface area (Å²) in [6, 6.07) is 13.9. The van der Waals surface area contributed by atoms with Crippen molar-refractivity contribution in [3.8, 4) is 17.2 Å². The van der Waals surface area contributed by atoms with Crippen LogP contribution in [0, 0.1) is 0 Å². The molecule has 118 valence electrons. The van der Waals surface area contributed by atoms with E-state index in [-0.39, 0.29) is 6.04 Å². The van der Waals surface area contributed by atoms with Crippen LogP contribution in [0.15, 0.2) is 42.5 Å². The summed E-state index contributed by atoms with van der Waals surface area (Å²) in [6.45, 7) is 2.47. The first-order chi connectivity index (χ1) is 10.6. The van der Waals surface area contributed by atoms with Crippen molar-refractivity contribution in [2.45, 2.75) is 26.0 Å². The first kappa shape index (κ1) is 16.2. The highest BCUT2D eigenvalue weighted by atomic mass is 16.5. The van der Waals surface area contributed by atoms with Gasteiger partial charge in [0.25, 0.3) is 0 Å². The molecule has 0 saturated carbocycles. The van der Waals surface area contributed by atoms with Crippen LogP contribution in [0.25, 0.3) is 0 Å². The maximum atomic E-state index is 5.85. The van der Waals surface area contributed by atoms with Crippen LogP contribution in [0.4, 0.5) is 0 Å². The quantitative estimate of drug-likeness (QED) is 0.853. The van der Waals surface area contributed by atoms with Crippen LogP contribution in [0.3, 0.4) is 0 Å². The Bertz CT molecular complexity index is 594. The van der Waals surface area contributed by atoms with Gasteiger partial charge in [-0.15, -0.1) is 0 Å². The molecule has 0 aliphatic rings. The summed E-state index contributed by atoms with van der Waals surface area (Å²) >= 11 is 0. The van der Waals surface area contributed by atoms with Gasteiger partial charge in [0.05, 0.1) is 14.2 Å². The monoisotopic (exact) mass is 301 g/mol. The minimum absolute atomic E-state index is 0.121. The van der Waals surface area contributed by atoms with Crippen molar-refractivity contribution in [1.82, 2.24) is 0 Å². The first-order valence-corrected chi connectivity index (χ1v) is 7.30. The normalized spacial score (nSPS) is 11.8. The van der Waals surface area contributed by atoms with Crippen LogP contribution >= 0.6 is 0 Å². The minimum Gasteiger partial charge on any atom is -0.497 e. The summed E-state index contributed by atoms with van der Waals surface area (Å²) in [5, 5.41) is 0. The van der Waals surface area contributed by atoms with E-state index in [0.717, 1.165) is 34.8 Å². The Labute approximate surface area is 131 Å². The third-order valence-corrected chi connectivity index (χ3v) is 3.34. The van der Waals surface area contributed by atoms with E-state index in [1.165, 1.54) is 0 Å². The fraction of sp³-hybridized carbons (Fsp3) is 0.333. The van der Waals surface area contributed by atoms with Crippen molar-refractivity contribution in [3.63, 3.8) is 0 Å². The maximum Gasteiger partial charge on any atom is 0.161 e. The molecule has 0 radical (unpaired) electrons. The summed E-state index contributed by atoms with van der Waals surface area (Å²) in [6.07, 6.45) is 0.815. The highest BCUT2D eigenvalue weighted by Gasteiger charge is 2.07. The van der Waals surface area contributed by atoms with E-state index in [4.69, 9.17) is 19.9 Å². The Balaban J connectivity index is 2.04. The van der Waals surface area contributed by atoms with E-state index in [2.05, 4.69) is 0 Å². The molecule has 2 aromatic rings. The van der Waals surface area contributed by atoms with Crippen LogP contribution < -0.4 is 19.9 Å². The van der Waals surface area contributed by atoms with Gasteiger partial charge in [0.15, 0.2) is 11.5 Å². The van der Waals surface area contributed by atoms with E-state index in [1.807, 2.05) is 49.4 Å². The molecule has 0 spiro atoms. The van der Waals surface area contributed by atoms with Crippen molar-refractivity contribution >= 4 is 0 Å². The summed E-state index contributed by atoms with van der Waals surface area (Å²) < 4.78 is 16.4. The van der Waals surface area contributed by atoms with Crippen LogP contribution in [-0.2, 0) is 13.0 Å². The zero-order valence-corrected chi connectivity index (χ0v) is 13.3. The molecule has 0 fully saturated rings. The zero-order chi connectivity index (χ0) is 15.9. The van der Waals surface area contributed by atoms with E-state index < -0.39 is 0 Å². The zero-order valence-electron chi connectivity index (χ0n) is 13.3. The Kier molecular flexibility index (Phi) is 5.67. The lowest BCUT2D eigenvalue weighted by molar-refractivity contribution is 0.284. The summed E-state index contributed by atoms with van der Waals surface area (Å²) in [5.74, 6) is 2.29. The molecular formula is C18H23NO3. The van der Waals surface area contributed by atoms with Gasteiger partial charge >= 0.3 is 0 Å². The molecule has 4 nitrogen and oxygen atoms in total. The first-order valence-electron chi connectivity index (χ1n) is 7.30. The second kappa shape index (κ2) is 7.71. The standard InChI is InChI=1S/C18H23NO3/c1-13(19)10-15-6-9-17(18(11-15)21-3)22-12-14-4-7-16(20-2)8-5-14/h4-9,11,13H,10,12,19H2,1-3H3. The van der Waals surface area contributed by atoms with E-state index in [0.29, 0.717) is 6.61 Å². The van der Waals surface area contributed by atoms with Crippen molar-refractivity contribution < 1.29 is 14.2 Å². The van der Waals surface area contributed by atoms with Crippen LogP contribution in [-0.4, -0.2) is 20.3 Å². The molecule has 0 heterocycles. The smallest absolute Gasteiger partial charge is 0.161 e. The number of hydrogen-bond acceptors (Lipinski definition) is 4. The lowest BCUT2D eigenvalue weighted by atomic mass is 10.1. The van der Waals surface area contributed by atoms with Gasteiger partial charge in [-0.25, -0.2) is 0 Å². The van der Waals surface area contributed by atoms with Crippen LogP contribution in [0.1, 0.15) is 18.1 Å². The van der Waals surface area contributed by atoms with Crippen molar-refractivity contribution in [2.75, 3.05) is 14.2 Å². The van der Waals surface area contributed by atoms with E-state index >= 15 is 0 Å². The molecule has 4 heteroatoms. The largest absolute Gasteiger partial charge is 0.497 e. The van der Waals surface area contributed by atoms with Gasteiger partial charge < -0.3 is 19.9 Å². The third kappa shape index (κ3) is 4.40. The SMILES string of the molecule is COc1ccc(COc2ccc(CC(C)N)cc2OC)cc1. The highest BCUT2D eigenvalue weighted by molar-refractivity contribution is 5.43. The lowest BCUT2D eigenvalue weighted by Crippen LogP contribution is -2.17. The predicted molar refractivity (Wildman–Crippen MR) is 87.7 cm³/mol. The van der Waals surface area contributed by atoms with Gasteiger partial charge in [0.1, 0.15) is 12.4 Å². The number of ether oxygens (including phenoxy) is 3.